The van der Waals surface area contributed by atoms with Crippen molar-refractivity contribution in [2.24, 2.45) is 0 Å². The van der Waals surface area contributed by atoms with Gasteiger partial charge in [-0.2, -0.15) is 0 Å². The maximum absolute atomic E-state index is 13.4. The van der Waals surface area contributed by atoms with Gasteiger partial charge >= 0.3 is 0 Å². The molecule has 0 unspecified atom stereocenters. The van der Waals surface area contributed by atoms with Crippen LogP contribution in [0.3, 0.4) is 0 Å². The highest BCUT2D eigenvalue weighted by Gasteiger charge is 2.28. The molecule has 6 heteroatoms. The Morgan fingerprint density at radius 3 is 1.94 bits per heavy atom. The summed E-state index contributed by atoms with van der Waals surface area (Å²) in [5, 5.41) is 0. The summed E-state index contributed by atoms with van der Waals surface area (Å²) in [4.78, 5) is 0. The normalized spacial score (nSPS) is 12.2. The van der Waals surface area contributed by atoms with E-state index in [4.69, 9.17) is 9.47 Å². The lowest BCUT2D eigenvalue weighted by Gasteiger charge is -2.21. The quantitative estimate of drug-likeness (QED) is 0.563. The first kappa shape index (κ1) is 10.9. The van der Waals surface area contributed by atoms with Crippen molar-refractivity contribution in [2.45, 2.75) is 0 Å². The van der Waals surface area contributed by atoms with Gasteiger partial charge in [0.25, 0.3) is 0 Å². The lowest BCUT2D eigenvalue weighted by molar-refractivity contribution is 0.311. The Bertz CT molecular complexity index is 655. The van der Waals surface area contributed by atoms with Crippen LogP contribution >= 0.6 is 0 Å². The minimum Gasteiger partial charge on any atom is -0.446 e. The highest BCUT2D eigenvalue weighted by Crippen LogP contribution is 2.48. The van der Waals surface area contributed by atoms with Gasteiger partial charge in [-0.15, -0.1) is 0 Å². The van der Waals surface area contributed by atoms with E-state index in [9.17, 15) is 17.6 Å². The van der Waals surface area contributed by atoms with Gasteiger partial charge in [0.15, 0.2) is 23.2 Å². The number of rotatable bonds is 0. The molecule has 0 aromatic heterocycles. The molecule has 1 aliphatic rings. The van der Waals surface area contributed by atoms with Crippen LogP contribution in [0, 0.1) is 23.3 Å². The van der Waals surface area contributed by atoms with Gasteiger partial charge in [-0.3, -0.25) is 0 Å². The van der Waals surface area contributed by atoms with Gasteiger partial charge in [-0.05, 0) is 12.1 Å². The zero-order valence-electron chi connectivity index (χ0n) is 8.64. The molecule has 0 bridgehead atoms. The van der Waals surface area contributed by atoms with Crippen molar-refractivity contribution in [3.8, 4) is 23.0 Å². The molecule has 3 rings (SSSR count). The molecule has 1 heterocycles. The Hall–Kier alpha value is -2.24. The molecule has 2 nitrogen and oxygen atoms in total. The second-order valence-electron chi connectivity index (χ2n) is 3.61. The van der Waals surface area contributed by atoms with E-state index in [2.05, 4.69) is 0 Å². The molecule has 0 radical (unpaired) electrons. The largest absolute Gasteiger partial charge is 0.446 e. The van der Waals surface area contributed by atoms with Crippen molar-refractivity contribution < 1.29 is 27.0 Å². The molecule has 18 heavy (non-hydrogen) atoms. The molecule has 0 aliphatic carbocycles. The fourth-order valence-corrected chi connectivity index (χ4v) is 1.63. The molecule has 0 fully saturated rings. The van der Waals surface area contributed by atoms with Gasteiger partial charge < -0.3 is 9.47 Å². The van der Waals surface area contributed by atoms with Gasteiger partial charge in [0.1, 0.15) is 5.82 Å². The third-order valence-electron chi connectivity index (χ3n) is 2.41. The summed E-state index contributed by atoms with van der Waals surface area (Å²) in [6.45, 7) is 0. The van der Waals surface area contributed by atoms with Crippen molar-refractivity contribution in [1.29, 1.82) is 0 Å². The molecule has 2 aromatic rings. The monoisotopic (exact) mass is 256 g/mol. The first-order chi connectivity index (χ1) is 8.56. The van der Waals surface area contributed by atoms with E-state index in [0.717, 1.165) is 18.2 Å². The number of benzene rings is 2. The summed E-state index contributed by atoms with van der Waals surface area (Å²) in [5.41, 5.74) is 0. The lowest BCUT2D eigenvalue weighted by Crippen LogP contribution is -2.05. The Morgan fingerprint density at radius 1 is 0.667 bits per heavy atom. The van der Waals surface area contributed by atoms with Crippen molar-refractivity contribution in [3.63, 3.8) is 0 Å². The van der Waals surface area contributed by atoms with Gasteiger partial charge in [0.2, 0.25) is 17.2 Å². The van der Waals surface area contributed by atoms with E-state index in [0.29, 0.717) is 6.07 Å². The molecule has 0 atom stereocenters. The lowest BCUT2D eigenvalue weighted by atomic mass is 10.2. The SMILES string of the molecule is Fc1cc(F)c2c(c1)Oc1c(F)ccc(F)c1O2. The van der Waals surface area contributed by atoms with E-state index in [-0.39, 0.29) is 5.75 Å². The fourth-order valence-electron chi connectivity index (χ4n) is 1.63. The van der Waals surface area contributed by atoms with Crippen LogP contribution in [0.15, 0.2) is 24.3 Å². The zero-order chi connectivity index (χ0) is 12.9. The second-order valence-corrected chi connectivity index (χ2v) is 3.61. The smallest absolute Gasteiger partial charge is 0.208 e. The van der Waals surface area contributed by atoms with Crippen LogP contribution in [0.1, 0.15) is 0 Å². The third kappa shape index (κ3) is 1.49. The van der Waals surface area contributed by atoms with Crippen LogP contribution in [0.5, 0.6) is 23.0 Å². The summed E-state index contributed by atoms with van der Waals surface area (Å²) >= 11 is 0. The number of ether oxygens (including phenoxy) is 2. The van der Waals surface area contributed by atoms with E-state index >= 15 is 0 Å². The minimum atomic E-state index is -1.06. The number of hydrogen-bond donors (Lipinski definition) is 0. The Kier molecular flexibility index (Phi) is 2.19. The highest BCUT2D eigenvalue weighted by atomic mass is 19.1. The zero-order valence-corrected chi connectivity index (χ0v) is 8.64. The van der Waals surface area contributed by atoms with E-state index < -0.39 is 40.5 Å². The molecule has 92 valence electrons. The van der Waals surface area contributed by atoms with E-state index in [1.165, 1.54) is 0 Å². The Labute approximate surface area is 98.4 Å². The number of fused-ring (bicyclic) bond motifs is 2. The number of halogens is 4. The molecule has 2 aromatic carbocycles. The first-order valence-electron chi connectivity index (χ1n) is 4.89. The van der Waals surface area contributed by atoms with E-state index in [1.54, 1.807) is 0 Å². The van der Waals surface area contributed by atoms with Gasteiger partial charge in [0.05, 0.1) is 0 Å². The maximum Gasteiger partial charge on any atom is 0.208 e. The highest BCUT2D eigenvalue weighted by molar-refractivity contribution is 5.55. The maximum atomic E-state index is 13.4. The van der Waals surface area contributed by atoms with E-state index in [1.807, 2.05) is 0 Å². The van der Waals surface area contributed by atoms with Crippen LogP contribution in [0.4, 0.5) is 17.6 Å². The molecule has 0 saturated carbocycles. The molecule has 0 saturated heterocycles. The molecule has 0 amide bonds. The molecule has 0 N–H and O–H groups in total. The van der Waals surface area contributed by atoms with Crippen LogP contribution < -0.4 is 9.47 Å². The van der Waals surface area contributed by atoms with Crippen LogP contribution in [0.2, 0.25) is 0 Å². The van der Waals surface area contributed by atoms with Crippen LogP contribution in [-0.4, -0.2) is 0 Å². The topological polar surface area (TPSA) is 18.5 Å². The molecular formula is C12H4F4O2. The predicted octanol–water partition coefficient (Wildman–Crippen LogP) is 4.14. The molecule has 0 spiro atoms. The Morgan fingerprint density at radius 2 is 1.28 bits per heavy atom. The van der Waals surface area contributed by atoms with Crippen molar-refractivity contribution in [1.82, 2.24) is 0 Å². The van der Waals surface area contributed by atoms with Crippen LogP contribution in [-0.2, 0) is 0 Å². The second kappa shape index (κ2) is 3.63. The average Bonchev–Trinajstić information content (AvgIpc) is 2.32. The predicted molar refractivity (Wildman–Crippen MR) is 52.9 cm³/mol. The summed E-state index contributed by atoms with van der Waals surface area (Å²) in [7, 11) is 0. The molecular weight excluding hydrogens is 252 g/mol. The summed E-state index contributed by atoms with van der Waals surface area (Å²) in [5.74, 6) is -5.67. The Balaban J connectivity index is 2.21. The van der Waals surface area contributed by atoms with Crippen molar-refractivity contribution in [2.75, 3.05) is 0 Å². The number of hydrogen-bond acceptors (Lipinski definition) is 2. The van der Waals surface area contributed by atoms with Gasteiger partial charge in [0, 0.05) is 12.1 Å². The fraction of sp³-hybridized carbons (Fsp3) is 0. The van der Waals surface area contributed by atoms with Gasteiger partial charge in [-0.1, -0.05) is 0 Å². The summed E-state index contributed by atoms with van der Waals surface area (Å²) < 4.78 is 63.0. The van der Waals surface area contributed by atoms with Crippen LogP contribution in [0.25, 0.3) is 0 Å². The van der Waals surface area contributed by atoms with Crippen molar-refractivity contribution >= 4 is 0 Å². The standard InChI is InChI=1S/C12H4F4O2/c13-5-3-8(16)10-9(4-5)17-11-6(14)1-2-7(15)12(11)18-10/h1-4H. The molecule has 1 aliphatic heterocycles. The summed E-state index contributed by atoms with van der Waals surface area (Å²) in [6.07, 6.45) is 0. The average molecular weight is 256 g/mol. The first-order valence-corrected chi connectivity index (χ1v) is 4.89. The van der Waals surface area contributed by atoms with Gasteiger partial charge in [-0.25, -0.2) is 17.6 Å². The third-order valence-corrected chi connectivity index (χ3v) is 2.41. The summed E-state index contributed by atoms with van der Waals surface area (Å²) in [6, 6.07) is 3.04. The van der Waals surface area contributed by atoms with Crippen molar-refractivity contribution in [3.05, 3.63) is 47.5 Å². The minimum absolute atomic E-state index is 0.343.